The van der Waals surface area contributed by atoms with Crippen LogP contribution in [0, 0.1) is 0 Å². The SMILES string of the molecule is NC(=O)C[C@@H]1CCCCN1C(=O)c1cc(-c2ccccc2Cl)on1. The van der Waals surface area contributed by atoms with E-state index in [9.17, 15) is 9.59 Å². The van der Waals surface area contributed by atoms with Crippen LogP contribution in [0.4, 0.5) is 0 Å². The van der Waals surface area contributed by atoms with E-state index in [2.05, 4.69) is 5.16 Å². The van der Waals surface area contributed by atoms with Gasteiger partial charge in [0.1, 0.15) is 0 Å². The first-order valence-corrected chi connectivity index (χ1v) is 8.25. The molecule has 1 aromatic heterocycles. The first-order chi connectivity index (χ1) is 11.6. The second-order valence-electron chi connectivity index (χ2n) is 5.87. The Kier molecular flexibility index (Phi) is 4.85. The van der Waals surface area contributed by atoms with Crippen LogP contribution in [0.25, 0.3) is 11.3 Å². The summed E-state index contributed by atoms with van der Waals surface area (Å²) < 4.78 is 5.29. The molecule has 2 amide bonds. The average Bonchev–Trinajstić information content (AvgIpc) is 3.04. The van der Waals surface area contributed by atoms with Gasteiger partial charge in [-0.25, -0.2) is 0 Å². The van der Waals surface area contributed by atoms with Crippen molar-refractivity contribution >= 4 is 23.4 Å². The summed E-state index contributed by atoms with van der Waals surface area (Å²) in [6.07, 6.45) is 2.81. The Labute approximate surface area is 144 Å². The largest absolute Gasteiger partial charge is 0.370 e. The van der Waals surface area contributed by atoms with Gasteiger partial charge in [0.2, 0.25) is 5.91 Å². The van der Waals surface area contributed by atoms with Crippen LogP contribution >= 0.6 is 11.6 Å². The maximum Gasteiger partial charge on any atom is 0.276 e. The first-order valence-electron chi connectivity index (χ1n) is 7.87. The van der Waals surface area contributed by atoms with Crippen LogP contribution < -0.4 is 5.73 Å². The number of benzene rings is 1. The van der Waals surface area contributed by atoms with Crippen LogP contribution in [0.1, 0.15) is 36.2 Å². The molecule has 0 spiro atoms. The first kappa shape index (κ1) is 16.5. The molecule has 7 heteroatoms. The van der Waals surface area contributed by atoms with Gasteiger partial charge in [-0.3, -0.25) is 9.59 Å². The number of nitrogens with two attached hydrogens (primary N) is 1. The van der Waals surface area contributed by atoms with Gasteiger partial charge >= 0.3 is 0 Å². The molecule has 1 aromatic carbocycles. The summed E-state index contributed by atoms with van der Waals surface area (Å²) in [6.45, 7) is 0.588. The number of aromatic nitrogens is 1. The number of hydrogen-bond donors (Lipinski definition) is 1. The highest BCUT2D eigenvalue weighted by Crippen LogP contribution is 2.29. The summed E-state index contributed by atoms with van der Waals surface area (Å²) in [5, 5.41) is 4.41. The monoisotopic (exact) mass is 347 g/mol. The van der Waals surface area contributed by atoms with Gasteiger partial charge in [0.25, 0.3) is 5.91 Å². The Balaban J connectivity index is 1.82. The van der Waals surface area contributed by atoms with Gasteiger partial charge in [0.15, 0.2) is 11.5 Å². The zero-order chi connectivity index (χ0) is 17.1. The lowest BCUT2D eigenvalue weighted by atomic mass is 9.98. The Hall–Kier alpha value is -2.34. The third-order valence-electron chi connectivity index (χ3n) is 4.19. The number of piperidine rings is 1. The average molecular weight is 348 g/mol. The number of rotatable bonds is 4. The number of carbonyl (C=O) groups is 2. The number of nitrogens with zero attached hydrogens (tertiary/aromatic N) is 2. The van der Waals surface area contributed by atoms with E-state index in [1.165, 1.54) is 0 Å². The maximum absolute atomic E-state index is 12.7. The zero-order valence-corrected chi connectivity index (χ0v) is 13.8. The van der Waals surface area contributed by atoms with Crippen molar-refractivity contribution in [1.82, 2.24) is 10.1 Å². The van der Waals surface area contributed by atoms with Crippen molar-refractivity contribution in [1.29, 1.82) is 0 Å². The molecule has 2 N–H and O–H groups in total. The standard InChI is InChI=1S/C17H18ClN3O3/c18-13-7-2-1-6-12(13)15-10-14(20-24-15)17(23)21-8-4-3-5-11(21)9-16(19)22/h1-2,6-7,10-11H,3-5,8-9H2,(H2,19,22)/t11-/m0/s1. The second kappa shape index (κ2) is 7.05. The summed E-state index contributed by atoms with van der Waals surface area (Å²) in [5.74, 6) is -0.216. The molecule has 2 aromatic rings. The summed E-state index contributed by atoms with van der Waals surface area (Å²) in [5.41, 5.74) is 6.18. The second-order valence-corrected chi connectivity index (χ2v) is 6.28. The van der Waals surface area contributed by atoms with E-state index in [0.29, 0.717) is 22.9 Å². The third-order valence-corrected chi connectivity index (χ3v) is 4.52. The molecule has 1 aliphatic rings. The number of hydrogen-bond acceptors (Lipinski definition) is 4. The molecular formula is C17H18ClN3O3. The van der Waals surface area contributed by atoms with Gasteiger partial charge in [-0.15, -0.1) is 0 Å². The molecule has 0 radical (unpaired) electrons. The number of amides is 2. The van der Waals surface area contributed by atoms with E-state index >= 15 is 0 Å². The molecule has 0 unspecified atom stereocenters. The van der Waals surface area contributed by atoms with E-state index in [0.717, 1.165) is 19.3 Å². The smallest absolute Gasteiger partial charge is 0.276 e. The van der Waals surface area contributed by atoms with E-state index in [4.69, 9.17) is 21.9 Å². The molecule has 126 valence electrons. The van der Waals surface area contributed by atoms with Gasteiger partial charge in [-0.05, 0) is 31.4 Å². The van der Waals surface area contributed by atoms with Crippen LogP contribution in [-0.4, -0.2) is 34.5 Å². The lowest BCUT2D eigenvalue weighted by Crippen LogP contribution is -2.45. The maximum atomic E-state index is 12.7. The van der Waals surface area contributed by atoms with Crippen molar-refractivity contribution in [2.24, 2.45) is 5.73 Å². The van der Waals surface area contributed by atoms with Crippen molar-refractivity contribution < 1.29 is 14.1 Å². The highest BCUT2D eigenvalue weighted by atomic mass is 35.5. The van der Waals surface area contributed by atoms with Crippen LogP contribution in [0.15, 0.2) is 34.9 Å². The van der Waals surface area contributed by atoms with Gasteiger partial charge < -0.3 is 15.2 Å². The lowest BCUT2D eigenvalue weighted by Gasteiger charge is -2.34. The Bertz CT molecular complexity index is 759. The fourth-order valence-electron chi connectivity index (χ4n) is 3.02. The molecule has 0 bridgehead atoms. The Morgan fingerprint density at radius 1 is 1.33 bits per heavy atom. The van der Waals surface area contributed by atoms with E-state index in [1.54, 1.807) is 23.1 Å². The van der Waals surface area contributed by atoms with Crippen LogP contribution in [0.3, 0.4) is 0 Å². The highest BCUT2D eigenvalue weighted by molar-refractivity contribution is 6.33. The number of carbonyl (C=O) groups excluding carboxylic acids is 2. The minimum atomic E-state index is -0.406. The van der Waals surface area contributed by atoms with Crippen LogP contribution in [-0.2, 0) is 4.79 Å². The molecule has 1 aliphatic heterocycles. The summed E-state index contributed by atoms with van der Waals surface area (Å²) in [6, 6.07) is 8.60. The molecule has 1 saturated heterocycles. The van der Waals surface area contributed by atoms with Gasteiger partial charge in [0.05, 0.1) is 5.02 Å². The van der Waals surface area contributed by atoms with Crippen molar-refractivity contribution in [3.8, 4) is 11.3 Å². The van der Waals surface area contributed by atoms with Crippen molar-refractivity contribution in [3.05, 3.63) is 41.0 Å². The Morgan fingerprint density at radius 2 is 2.12 bits per heavy atom. The molecule has 24 heavy (non-hydrogen) atoms. The summed E-state index contributed by atoms with van der Waals surface area (Å²) in [7, 11) is 0. The van der Waals surface area contributed by atoms with E-state index < -0.39 is 5.91 Å². The molecule has 1 atom stereocenters. The predicted molar refractivity (Wildman–Crippen MR) is 89.4 cm³/mol. The van der Waals surface area contributed by atoms with E-state index in [-0.39, 0.29) is 24.1 Å². The predicted octanol–water partition coefficient (Wildman–Crippen LogP) is 2.87. The molecule has 6 nitrogen and oxygen atoms in total. The van der Waals surface area contributed by atoms with Gasteiger partial charge in [0, 0.05) is 30.6 Å². The normalized spacial score (nSPS) is 17.7. The minimum absolute atomic E-state index is 0.168. The molecule has 0 aliphatic carbocycles. The highest BCUT2D eigenvalue weighted by Gasteiger charge is 2.30. The fraction of sp³-hybridized carbons (Fsp3) is 0.353. The molecule has 0 saturated carbocycles. The molecular weight excluding hydrogens is 330 g/mol. The quantitative estimate of drug-likeness (QED) is 0.920. The molecule has 2 heterocycles. The number of likely N-dealkylation sites (tertiary alicyclic amines) is 1. The van der Waals surface area contributed by atoms with Crippen LogP contribution in [0.2, 0.25) is 5.02 Å². The zero-order valence-electron chi connectivity index (χ0n) is 13.1. The van der Waals surface area contributed by atoms with Gasteiger partial charge in [-0.2, -0.15) is 0 Å². The summed E-state index contributed by atoms with van der Waals surface area (Å²) in [4.78, 5) is 25.6. The molecule has 3 rings (SSSR count). The van der Waals surface area contributed by atoms with Crippen molar-refractivity contribution in [3.63, 3.8) is 0 Å². The van der Waals surface area contributed by atoms with E-state index in [1.807, 2.05) is 12.1 Å². The third kappa shape index (κ3) is 3.43. The Morgan fingerprint density at radius 3 is 2.88 bits per heavy atom. The number of halogens is 1. The van der Waals surface area contributed by atoms with Crippen molar-refractivity contribution in [2.75, 3.05) is 6.54 Å². The topological polar surface area (TPSA) is 89.4 Å². The lowest BCUT2D eigenvalue weighted by molar-refractivity contribution is -0.119. The number of primary amides is 1. The fourth-order valence-corrected chi connectivity index (χ4v) is 3.25. The minimum Gasteiger partial charge on any atom is -0.370 e. The van der Waals surface area contributed by atoms with Gasteiger partial charge in [-0.1, -0.05) is 28.9 Å². The summed E-state index contributed by atoms with van der Waals surface area (Å²) >= 11 is 6.14. The molecule has 1 fully saturated rings. The van der Waals surface area contributed by atoms with Crippen LogP contribution in [0.5, 0.6) is 0 Å². The van der Waals surface area contributed by atoms with Crippen molar-refractivity contribution in [2.45, 2.75) is 31.7 Å².